The molecule has 0 aliphatic heterocycles. The van der Waals surface area contributed by atoms with Gasteiger partial charge in [0.25, 0.3) is 5.69 Å². The number of ether oxygens (including phenoxy) is 2. The largest absolute Gasteiger partial charge is 0.497 e. The van der Waals surface area contributed by atoms with Gasteiger partial charge in [-0.25, -0.2) is 4.79 Å². The van der Waals surface area contributed by atoms with E-state index in [1.165, 1.54) is 23.5 Å². The molecule has 1 aromatic heterocycles. The highest BCUT2D eigenvalue weighted by atomic mass is 32.1. The molecular weight excluding hydrogens is 444 g/mol. The van der Waals surface area contributed by atoms with Gasteiger partial charge >= 0.3 is 5.97 Å². The molecule has 2 unspecified atom stereocenters. The van der Waals surface area contributed by atoms with Crippen LogP contribution in [0.3, 0.4) is 0 Å². The van der Waals surface area contributed by atoms with E-state index in [0.29, 0.717) is 16.1 Å². The lowest BCUT2D eigenvalue weighted by Crippen LogP contribution is -2.16. The van der Waals surface area contributed by atoms with E-state index in [4.69, 9.17) is 9.47 Å². The van der Waals surface area contributed by atoms with E-state index in [9.17, 15) is 19.7 Å². The van der Waals surface area contributed by atoms with E-state index in [0.717, 1.165) is 17.7 Å². The van der Waals surface area contributed by atoms with Crippen molar-refractivity contribution in [1.82, 2.24) is 0 Å². The van der Waals surface area contributed by atoms with Crippen molar-refractivity contribution in [1.29, 1.82) is 0 Å². The van der Waals surface area contributed by atoms with E-state index in [1.54, 1.807) is 31.5 Å². The molecule has 0 bridgehead atoms. The second-order valence-electron chi connectivity index (χ2n) is 7.59. The third kappa shape index (κ3) is 4.73. The van der Waals surface area contributed by atoms with Crippen molar-refractivity contribution in [3.8, 4) is 16.9 Å². The Kier molecular flexibility index (Phi) is 6.41. The maximum Gasteiger partial charge on any atom is 0.341 e. The molecule has 3 aromatic rings. The summed E-state index contributed by atoms with van der Waals surface area (Å²) in [5.74, 6) is -0.00497. The van der Waals surface area contributed by atoms with Crippen LogP contribution >= 0.6 is 11.3 Å². The summed E-state index contributed by atoms with van der Waals surface area (Å²) in [6.45, 7) is 1.89. The van der Waals surface area contributed by atoms with Crippen LogP contribution in [-0.4, -0.2) is 30.5 Å². The van der Waals surface area contributed by atoms with Crippen LogP contribution in [0.25, 0.3) is 11.1 Å². The van der Waals surface area contributed by atoms with Gasteiger partial charge in [0.2, 0.25) is 5.91 Å². The number of benzene rings is 2. The highest BCUT2D eigenvalue weighted by Crippen LogP contribution is 2.49. The van der Waals surface area contributed by atoms with Crippen molar-refractivity contribution in [2.75, 3.05) is 19.0 Å². The number of anilines is 1. The zero-order chi connectivity index (χ0) is 23.5. The lowest BCUT2D eigenvalue weighted by Gasteiger charge is -2.09. The van der Waals surface area contributed by atoms with E-state index < -0.39 is 10.9 Å². The molecule has 1 aliphatic carbocycles. The van der Waals surface area contributed by atoms with Crippen molar-refractivity contribution in [2.45, 2.75) is 19.3 Å². The normalized spacial score (nSPS) is 16.7. The molecule has 1 heterocycles. The zero-order valence-electron chi connectivity index (χ0n) is 18.1. The maximum absolute atomic E-state index is 12.9. The number of methoxy groups -OCH3 is 1. The van der Waals surface area contributed by atoms with Gasteiger partial charge in [0.05, 0.1) is 18.6 Å². The molecule has 0 radical (unpaired) electrons. The SMILES string of the molecule is CCOC(=O)c1c(-c2ccc([N+](=O)[O-])cc2)csc1NC(=O)C1CC1c1ccc(OC)cc1. The summed E-state index contributed by atoms with van der Waals surface area (Å²) in [4.78, 5) is 36.1. The summed E-state index contributed by atoms with van der Waals surface area (Å²) < 4.78 is 10.4. The van der Waals surface area contributed by atoms with Crippen molar-refractivity contribution >= 4 is 33.9 Å². The Bertz CT molecular complexity index is 1190. The quantitative estimate of drug-likeness (QED) is 0.276. The van der Waals surface area contributed by atoms with Gasteiger partial charge in [-0.3, -0.25) is 14.9 Å². The number of thiophene rings is 1. The van der Waals surface area contributed by atoms with Gasteiger partial charge in [0.15, 0.2) is 0 Å². The number of hydrogen-bond donors (Lipinski definition) is 1. The molecule has 9 heteroatoms. The predicted molar refractivity (Wildman–Crippen MR) is 125 cm³/mol. The van der Waals surface area contributed by atoms with Gasteiger partial charge in [-0.05, 0) is 54.7 Å². The van der Waals surface area contributed by atoms with Crippen molar-refractivity contribution in [2.24, 2.45) is 5.92 Å². The fourth-order valence-electron chi connectivity index (χ4n) is 3.74. The Labute approximate surface area is 194 Å². The molecule has 2 atom stereocenters. The minimum Gasteiger partial charge on any atom is -0.497 e. The smallest absolute Gasteiger partial charge is 0.341 e. The number of carbonyl (C=O) groups excluding carboxylic acids is 2. The van der Waals surface area contributed by atoms with E-state index in [2.05, 4.69) is 5.32 Å². The number of non-ortho nitro benzene ring substituents is 1. The summed E-state index contributed by atoms with van der Waals surface area (Å²) in [7, 11) is 1.61. The molecular formula is C24H22N2O6S. The van der Waals surface area contributed by atoms with Crippen molar-refractivity contribution in [3.05, 3.63) is 75.2 Å². The van der Waals surface area contributed by atoms with Gasteiger partial charge in [-0.2, -0.15) is 0 Å². The first-order chi connectivity index (χ1) is 15.9. The van der Waals surface area contributed by atoms with Gasteiger partial charge in [-0.1, -0.05) is 12.1 Å². The van der Waals surface area contributed by atoms with Crippen LogP contribution in [0.4, 0.5) is 10.7 Å². The summed E-state index contributed by atoms with van der Waals surface area (Å²) in [6, 6.07) is 13.6. The average Bonchev–Trinajstić information content (AvgIpc) is 3.52. The highest BCUT2D eigenvalue weighted by Gasteiger charge is 2.44. The molecule has 0 spiro atoms. The van der Waals surface area contributed by atoms with Gasteiger partial charge in [0.1, 0.15) is 16.3 Å². The molecule has 33 heavy (non-hydrogen) atoms. The average molecular weight is 467 g/mol. The molecule has 1 fully saturated rings. The van der Waals surface area contributed by atoms with Crippen molar-refractivity contribution < 1.29 is 24.0 Å². The number of nitrogens with zero attached hydrogens (tertiary/aromatic N) is 1. The zero-order valence-corrected chi connectivity index (χ0v) is 18.9. The van der Waals surface area contributed by atoms with Crippen LogP contribution in [0.1, 0.15) is 35.2 Å². The highest BCUT2D eigenvalue weighted by molar-refractivity contribution is 7.15. The Balaban J connectivity index is 1.55. The van der Waals surface area contributed by atoms with E-state index in [1.807, 2.05) is 24.3 Å². The van der Waals surface area contributed by atoms with Crippen LogP contribution < -0.4 is 10.1 Å². The first-order valence-electron chi connectivity index (χ1n) is 10.4. The Hall–Kier alpha value is -3.72. The van der Waals surface area contributed by atoms with Crippen LogP contribution in [0.2, 0.25) is 0 Å². The molecule has 0 saturated heterocycles. The number of carbonyl (C=O) groups is 2. The first kappa shape index (κ1) is 22.5. The van der Waals surface area contributed by atoms with Crippen LogP contribution in [0, 0.1) is 16.0 Å². The molecule has 4 rings (SSSR count). The standard InChI is InChI=1S/C24H22N2O6S/c1-3-32-24(28)21-20(15-4-8-16(9-5-15)26(29)30)13-33-23(21)25-22(27)19-12-18(19)14-6-10-17(31-2)11-7-14/h4-11,13,18-19H,3,12H2,1-2H3,(H,25,27). The minimum absolute atomic E-state index is 0.0431. The third-order valence-electron chi connectivity index (χ3n) is 5.57. The predicted octanol–water partition coefficient (Wildman–Crippen LogP) is 5.25. The summed E-state index contributed by atoms with van der Waals surface area (Å²) in [5.41, 5.74) is 2.47. The molecule has 1 saturated carbocycles. The van der Waals surface area contributed by atoms with Crippen LogP contribution in [-0.2, 0) is 9.53 Å². The number of esters is 1. The van der Waals surface area contributed by atoms with Gasteiger partial charge < -0.3 is 14.8 Å². The van der Waals surface area contributed by atoms with Gasteiger partial charge in [-0.15, -0.1) is 11.3 Å². The minimum atomic E-state index is -0.551. The monoisotopic (exact) mass is 466 g/mol. The molecule has 8 nitrogen and oxygen atoms in total. The molecule has 1 aliphatic rings. The summed E-state index contributed by atoms with van der Waals surface area (Å²) in [6.07, 6.45) is 0.730. The lowest BCUT2D eigenvalue weighted by molar-refractivity contribution is -0.384. The Morgan fingerprint density at radius 3 is 2.45 bits per heavy atom. The van der Waals surface area contributed by atoms with Crippen LogP contribution in [0.5, 0.6) is 5.75 Å². The molecule has 1 amide bonds. The third-order valence-corrected chi connectivity index (χ3v) is 6.46. The number of amides is 1. The second-order valence-corrected chi connectivity index (χ2v) is 8.47. The lowest BCUT2D eigenvalue weighted by atomic mass is 10.0. The summed E-state index contributed by atoms with van der Waals surface area (Å²) >= 11 is 1.23. The number of rotatable bonds is 8. The molecule has 2 aromatic carbocycles. The Morgan fingerprint density at radius 1 is 1.15 bits per heavy atom. The number of hydrogen-bond acceptors (Lipinski definition) is 7. The van der Waals surface area contributed by atoms with Gasteiger partial charge in [0, 0.05) is 29.0 Å². The number of nitro benzene ring substituents is 1. The molecule has 170 valence electrons. The number of nitro groups is 1. The van der Waals surface area contributed by atoms with Crippen molar-refractivity contribution in [3.63, 3.8) is 0 Å². The Morgan fingerprint density at radius 2 is 1.85 bits per heavy atom. The van der Waals surface area contributed by atoms with E-state index in [-0.39, 0.29) is 35.6 Å². The molecule has 1 N–H and O–H groups in total. The summed E-state index contributed by atoms with van der Waals surface area (Å²) in [5, 5.41) is 16.0. The fraction of sp³-hybridized carbons (Fsp3) is 0.250. The fourth-order valence-corrected chi connectivity index (χ4v) is 4.70. The topological polar surface area (TPSA) is 108 Å². The first-order valence-corrected chi connectivity index (χ1v) is 11.3. The second kappa shape index (κ2) is 9.41. The van der Waals surface area contributed by atoms with Crippen LogP contribution in [0.15, 0.2) is 53.9 Å². The maximum atomic E-state index is 12.9. The van der Waals surface area contributed by atoms with E-state index >= 15 is 0 Å². The number of nitrogens with one attached hydrogen (secondary N) is 1.